The minimum absolute atomic E-state index is 0.0955. The zero-order valence-electron chi connectivity index (χ0n) is 9.30. The summed E-state index contributed by atoms with van der Waals surface area (Å²) < 4.78 is 4.95. The zero-order valence-corrected chi connectivity index (χ0v) is 10.1. The molecule has 0 amide bonds. The van der Waals surface area contributed by atoms with E-state index in [2.05, 4.69) is 0 Å². The highest BCUT2D eigenvalue weighted by molar-refractivity contribution is 8.14. The molecule has 4 heteroatoms. The largest absolute Gasteiger partial charge is 0.465 e. The molecule has 0 aliphatic rings. The highest BCUT2D eigenvalue weighted by atomic mass is 32.2. The molecule has 0 saturated carbocycles. The minimum atomic E-state index is -0.557. The van der Waals surface area contributed by atoms with Gasteiger partial charge in [-0.3, -0.25) is 9.59 Å². The van der Waals surface area contributed by atoms with Gasteiger partial charge in [-0.15, -0.1) is 0 Å². The summed E-state index contributed by atoms with van der Waals surface area (Å²) in [6, 6.07) is 9.17. The lowest BCUT2D eigenvalue weighted by molar-refractivity contribution is -0.142. The van der Waals surface area contributed by atoms with Crippen LogP contribution in [0.25, 0.3) is 0 Å². The van der Waals surface area contributed by atoms with Crippen molar-refractivity contribution < 1.29 is 14.3 Å². The predicted octanol–water partition coefficient (Wildman–Crippen LogP) is 2.57. The van der Waals surface area contributed by atoms with Crippen LogP contribution in [-0.2, 0) is 14.3 Å². The fraction of sp³-hybridized carbons (Fsp3) is 0.333. The molecule has 1 aromatic carbocycles. The van der Waals surface area contributed by atoms with Crippen molar-refractivity contribution in [2.75, 3.05) is 6.61 Å². The van der Waals surface area contributed by atoms with Crippen LogP contribution in [0.4, 0.5) is 0 Å². The molecule has 1 unspecified atom stereocenters. The first-order chi connectivity index (χ1) is 7.65. The molecule has 0 radical (unpaired) electrons. The van der Waals surface area contributed by atoms with Crippen LogP contribution in [0.1, 0.15) is 24.7 Å². The first-order valence-corrected chi connectivity index (χ1v) is 5.92. The SMILES string of the molecule is CCOC(=O)C(SC(C)=O)c1ccccc1. The summed E-state index contributed by atoms with van der Waals surface area (Å²) in [7, 11) is 0. The average Bonchev–Trinajstić information content (AvgIpc) is 2.27. The van der Waals surface area contributed by atoms with Crippen LogP contribution >= 0.6 is 11.8 Å². The van der Waals surface area contributed by atoms with Crippen molar-refractivity contribution in [3.05, 3.63) is 35.9 Å². The smallest absolute Gasteiger partial charge is 0.324 e. The molecular weight excluding hydrogens is 224 g/mol. The number of ether oxygens (including phenoxy) is 1. The summed E-state index contributed by atoms with van der Waals surface area (Å²) in [4.78, 5) is 22.8. The fourth-order valence-electron chi connectivity index (χ4n) is 1.26. The molecule has 86 valence electrons. The Morgan fingerprint density at radius 1 is 1.31 bits per heavy atom. The van der Waals surface area contributed by atoms with Crippen LogP contribution in [0.15, 0.2) is 30.3 Å². The molecule has 0 fully saturated rings. The van der Waals surface area contributed by atoms with Crippen molar-refractivity contribution in [3.63, 3.8) is 0 Å². The van der Waals surface area contributed by atoms with Crippen molar-refractivity contribution >= 4 is 22.8 Å². The van der Waals surface area contributed by atoms with Gasteiger partial charge in [0.1, 0.15) is 5.25 Å². The third-order valence-electron chi connectivity index (χ3n) is 1.89. The first-order valence-electron chi connectivity index (χ1n) is 5.04. The number of rotatable bonds is 4. The molecule has 3 nitrogen and oxygen atoms in total. The highest BCUT2D eigenvalue weighted by Crippen LogP contribution is 2.30. The maximum absolute atomic E-state index is 11.7. The van der Waals surface area contributed by atoms with Gasteiger partial charge < -0.3 is 4.74 Å². The molecule has 1 aromatic rings. The van der Waals surface area contributed by atoms with Crippen molar-refractivity contribution in [2.24, 2.45) is 0 Å². The molecule has 0 spiro atoms. The van der Waals surface area contributed by atoms with E-state index >= 15 is 0 Å². The Kier molecular flexibility index (Phi) is 5.05. The lowest BCUT2D eigenvalue weighted by Crippen LogP contribution is -2.14. The van der Waals surface area contributed by atoms with Crippen LogP contribution in [0.5, 0.6) is 0 Å². The number of thioether (sulfide) groups is 1. The van der Waals surface area contributed by atoms with Gasteiger partial charge >= 0.3 is 5.97 Å². The van der Waals surface area contributed by atoms with E-state index in [-0.39, 0.29) is 11.1 Å². The van der Waals surface area contributed by atoms with Gasteiger partial charge in [0, 0.05) is 6.92 Å². The molecule has 0 aliphatic heterocycles. The molecule has 16 heavy (non-hydrogen) atoms. The monoisotopic (exact) mass is 238 g/mol. The summed E-state index contributed by atoms with van der Waals surface area (Å²) in [6.45, 7) is 3.51. The van der Waals surface area contributed by atoms with Gasteiger partial charge in [0.2, 0.25) is 0 Å². The van der Waals surface area contributed by atoms with E-state index < -0.39 is 5.25 Å². The normalized spacial score (nSPS) is 11.9. The maximum Gasteiger partial charge on any atom is 0.324 e. The lowest BCUT2D eigenvalue weighted by atomic mass is 10.1. The van der Waals surface area contributed by atoms with Gasteiger partial charge in [-0.1, -0.05) is 42.1 Å². The number of carbonyl (C=O) groups is 2. The molecular formula is C12H14O3S. The van der Waals surface area contributed by atoms with Gasteiger partial charge in [-0.25, -0.2) is 0 Å². The quantitative estimate of drug-likeness (QED) is 0.756. The molecule has 1 rings (SSSR count). The van der Waals surface area contributed by atoms with Crippen LogP contribution < -0.4 is 0 Å². The zero-order chi connectivity index (χ0) is 12.0. The number of hydrogen-bond acceptors (Lipinski definition) is 4. The number of carbonyl (C=O) groups excluding carboxylic acids is 2. The Labute approximate surface area is 99.2 Å². The maximum atomic E-state index is 11.7. The second-order valence-electron chi connectivity index (χ2n) is 3.15. The van der Waals surface area contributed by atoms with Crippen LogP contribution in [-0.4, -0.2) is 17.7 Å². The van der Waals surface area contributed by atoms with Crippen LogP contribution in [0.3, 0.4) is 0 Å². The van der Waals surface area contributed by atoms with E-state index in [1.807, 2.05) is 30.3 Å². The van der Waals surface area contributed by atoms with Crippen LogP contribution in [0, 0.1) is 0 Å². The van der Waals surface area contributed by atoms with Gasteiger partial charge in [0.25, 0.3) is 0 Å². The molecule has 0 aromatic heterocycles. The van der Waals surface area contributed by atoms with E-state index in [1.165, 1.54) is 6.92 Å². The molecule has 0 bridgehead atoms. The van der Waals surface area contributed by atoms with Crippen molar-refractivity contribution in [1.82, 2.24) is 0 Å². The van der Waals surface area contributed by atoms with E-state index in [9.17, 15) is 9.59 Å². The van der Waals surface area contributed by atoms with E-state index in [0.717, 1.165) is 17.3 Å². The summed E-state index contributed by atoms with van der Waals surface area (Å²) >= 11 is 0.987. The van der Waals surface area contributed by atoms with Crippen molar-refractivity contribution in [2.45, 2.75) is 19.1 Å². The van der Waals surface area contributed by atoms with Crippen molar-refractivity contribution in [3.8, 4) is 0 Å². The van der Waals surface area contributed by atoms with E-state index in [0.29, 0.717) is 6.61 Å². The molecule has 0 aliphatic carbocycles. The summed E-state index contributed by atoms with van der Waals surface area (Å²) in [5, 5.41) is -0.652. The third kappa shape index (κ3) is 3.70. The standard InChI is InChI=1S/C12H14O3S/c1-3-15-12(14)11(16-9(2)13)10-7-5-4-6-8-10/h4-8,11H,3H2,1-2H3. The number of benzene rings is 1. The van der Waals surface area contributed by atoms with Gasteiger partial charge in [-0.2, -0.15) is 0 Å². The topological polar surface area (TPSA) is 43.4 Å². The second-order valence-corrected chi connectivity index (χ2v) is 4.43. The highest BCUT2D eigenvalue weighted by Gasteiger charge is 2.24. The number of hydrogen-bond donors (Lipinski definition) is 0. The van der Waals surface area contributed by atoms with E-state index in [1.54, 1.807) is 6.92 Å². The Hall–Kier alpha value is -1.29. The Morgan fingerprint density at radius 2 is 1.94 bits per heavy atom. The third-order valence-corrected chi connectivity index (χ3v) is 2.92. The molecule has 0 N–H and O–H groups in total. The van der Waals surface area contributed by atoms with E-state index in [4.69, 9.17) is 4.74 Å². The number of esters is 1. The van der Waals surface area contributed by atoms with Gasteiger partial charge in [0.05, 0.1) is 6.61 Å². The van der Waals surface area contributed by atoms with Gasteiger partial charge in [0.15, 0.2) is 5.12 Å². The summed E-state index contributed by atoms with van der Waals surface area (Å²) in [6.07, 6.45) is 0. The Balaban J connectivity index is 2.87. The summed E-state index contributed by atoms with van der Waals surface area (Å²) in [5.74, 6) is -0.367. The lowest BCUT2D eigenvalue weighted by Gasteiger charge is -2.13. The molecule has 0 saturated heterocycles. The Bertz CT molecular complexity index is 362. The molecule has 0 heterocycles. The fourth-order valence-corrected chi connectivity index (χ4v) is 2.05. The van der Waals surface area contributed by atoms with Crippen molar-refractivity contribution in [1.29, 1.82) is 0 Å². The summed E-state index contributed by atoms with van der Waals surface area (Å²) in [5.41, 5.74) is 0.793. The minimum Gasteiger partial charge on any atom is -0.465 e. The second kappa shape index (κ2) is 6.33. The molecule has 1 atom stereocenters. The first kappa shape index (κ1) is 12.8. The van der Waals surface area contributed by atoms with Crippen LogP contribution in [0.2, 0.25) is 0 Å². The van der Waals surface area contributed by atoms with Gasteiger partial charge in [-0.05, 0) is 12.5 Å². The average molecular weight is 238 g/mol. The Morgan fingerprint density at radius 3 is 2.44 bits per heavy atom. The predicted molar refractivity (Wildman–Crippen MR) is 64.1 cm³/mol.